The summed E-state index contributed by atoms with van der Waals surface area (Å²) in [5.41, 5.74) is 7.07. The zero-order valence-electron chi connectivity index (χ0n) is 8.76. The van der Waals surface area contributed by atoms with Crippen LogP contribution in [0.4, 0.5) is 0 Å². The lowest BCUT2D eigenvalue weighted by molar-refractivity contribution is 0.468. The molecular formula is C11H15N3O. The van der Waals surface area contributed by atoms with Crippen molar-refractivity contribution in [2.45, 2.75) is 25.9 Å². The average Bonchev–Trinajstić information content (AvgIpc) is 2.87. The van der Waals surface area contributed by atoms with Crippen LogP contribution in [0.2, 0.25) is 0 Å². The molecule has 0 fully saturated rings. The van der Waals surface area contributed by atoms with E-state index in [1.165, 1.54) is 0 Å². The molecule has 2 aromatic rings. The minimum atomic E-state index is -0.228. The molecule has 80 valence electrons. The van der Waals surface area contributed by atoms with Crippen molar-refractivity contribution in [3.63, 3.8) is 0 Å². The average molecular weight is 205 g/mol. The number of rotatable bonds is 4. The van der Waals surface area contributed by atoms with Crippen LogP contribution >= 0.6 is 0 Å². The van der Waals surface area contributed by atoms with Crippen molar-refractivity contribution < 1.29 is 4.42 Å². The molecule has 0 saturated carbocycles. The van der Waals surface area contributed by atoms with Gasteiger partial charge in [0.05, 0.1) is 12.0 Å². The molecule has 1 unspecified atom stereocenters. The van der Waals surface area contributed by atoms with Crippen molar-refractivity contribution >= 4 is 0 Å². The van der Waals surface area contributed by atoms with Crippen LogP contribution in [0.25, 0.3) is 0 Å². The van der Waals surface area contributed by atoms with Gasteiger partial charge in [-0.15, -0.1) is 0 Å². The van der Waals surface area contributed by atoms with Crippen LogP contribution in [0.3, 0.4) is 0 Å². The molecule has 0 amide bonds. The van der Waals surface area contributed by atoms with Crippen LogP contribution < -0.4 is 5.73 Å². The van der Waals surface area contributed by atoms with E-state index in [9.17, 15) is 0 Å². The Morgan fingerprint density at radius 2 is 2.40 bits per heavy atom. The molecule has 1 atom stereocenters. The van der Waals surface area contributed by atoms with Gasteiger partial charge in [0.15, 0.2) is 0 Å². The molecule has 0 radical (unpaired) electrons. The fourth-order valence-electron chi connectivity index (χ4n) is 1.62. The van der Waals surface area contributed by atoms with Crippen molar-refractivity contribution in [3.05, 3.63) is 42.1 Å². The molecule has 0 bridgehead atoms. The first-order valence-electron chi connectivity index (χ1n) is 5.13. The quantitative estimate of drug-likeness (QED) is 0.829. The highest BCUT2D eigenvalue weighted by molar-refractivity contribution is 5.18. The molecule has 2 aromatic heterocycles. The minimum Gasteiger partial charge on any atom is -0.467 e. The molecule has 15 heavy (non-hydrogen) atoms. The minimum absolute atomic E-state index is 0.228. The van der Waals surface area contributed by atoms with Gasteiger partial charge in [0.1, 0.15) is 11.8 Å². The van der Waals surface area contributed by atoms with Crippen molar-refractivity contribution in [3.8, 4) is 0 Å². The molecular weight excluding hydrogens is 190 g/mol. The number of hydrogen-bond donors (Lipinski definition) is 1. The van der Waals surface area contributed by atoms with Crippen molar-refractivity contribution in [1.82, 2.24) is 9.78 Å². The van der Waals surface area contributed by atoms with Gasteiger partial charge in [-0.25, -0.2) is 0 Å². The highest BCUT2D eigenvalue weighted by atomic mass is 16.3. The van der Waals surface area contributed by atoms with Crippen molar-refractivity contribution in [2.24, 2.45) is 5.73 Å². The third-order valence-electron chi connectivity index (χ3n) is 2.35. The SMILES string of the molecule is CCCn1nccc1C(N)c1ccco1. The third-order valence-corrected chi connectivity index (χ3v) is 2.35. The maximum Gasteiger partial charge on any atom is 0.126 e. The Morgan fingerprint density at radius 1 is 1.53 bits per heavy atom. The largest absolute Gasteiger partial charge is 0.467 e. The molecule has 0 aliphatic rings. The summed E-state index contributed by atoms with van der Waals surface area (Å²) in [6.45, 7) is 3.00. The number of nitrogens with zero attached hydrogens (tertiary/aromatic N) is 2. The maximum atomic E-state index is 6.08. The van der Waals surface area contributed by atoms with E-state index >= 15 is 0 Å². The summed E-state index contributed by atoms with van der Waals surface area (Å²) in [6.07, 6.45) is 4.45. The number of furan rings is 1. The smallest absolute Gasteiger partial charge is 0.126 e. The number of nitrogens with two attached hydrogens (primary N) is 1. The molecule has 2 rings (SSSR count). The normalized spacial score (nSPS) is 12.9. The van der Waals surface area contributed by atoms with E-state index < -0.39 is 0 Å². The Balaban J connectivity index is 2.25. The number of aromatic nitrogens is 2. The second-order valence-corrected chi connectivity index (χ2v) is 3.47. The van der Waals surface area contributed by atoms with E-state index in [1.54, 1.807) is 12.5 Å². The summed E-state index contributed by atoms with van der Waals surface area (Å²) < 4.78 is 7.21. The van der Waals surface area contributed by atoms with E-state index in [0.717, 1.165) is 24.4 Å². The molecule has 0 saturated heterocycles. The number of hydrogen-bond acceptors (Lipinski definition) is 3. The van der Waals surface area contributed by atoms with Crippen LogP contribution in [0.1, 0.15) is 30.8 Å². The second-order valence-electron chi connectivity index (χ2n) is 3.47. The maximum absolute atomic E-state index is 6.08. The summed E-state index contributed by atoms with van der Waals surface area (Å²) in [7, 11) is 0. The highest BCUT2D eigenvalue weighted by Crippen LogP contribution is 2.19. The van der Waals surface area contributed by atoms with Crippen molar-refractivity contribution in [2.75, 3.05) is 0 Å². The molecule has 4 heteroatoms. The van der Waals surface area contributed by atoms with Crippen LogP contribution in [0.5, 0.6) is 0 Å². The molecule has 0 aromatic carbocycles. The van der Waals surface area contributed by atoms with Gasteiger partial charge in [-0.2, -0.15) is 5.10 Å². The molecule has 4 nitrogen and oxygen atoms in total. The van der Waals surface area contributed by atoms with Gasteiger partial charge in [-0.1, -0.05) is 6.92 Å². The van der Waals surface area contributed by atoms with E-state index in [1.807, 2.05) is 22.9 Å². The third kappa shape index (κ3) is 1.94. The summed E-state index contributed by atoms with van der Waals surface area (Å²) in [6, 6.07) is 5.43. The molecule has 2 N–H and O–H groups in total. The van der Waals surface area contributed by atoms with E-state index in [4.69, 9.17) is 10.2 Å². The van der Waals surface area contributed by atoms with Crippen molar-refractivity contribution in [1.29, 1.82) is 0 Å². The highest BCUT2D eigenvalue weighted by Gasteiger charge is 2.15. The van der Waals surface area contributed by atoms with Gasteiger partial charge in [0.2, 0.25) is 0 Å². The van der Waals surface area contributed by atoms with Gasteiger partial charge >= 0.3 is 0 Å². The summed E-state index contributed by atoms with van der Waals surface area (Å²) >= 11 is 0. The van der Waals surface area contributed by atoms with E-state index in [-0.39, 0.29) is 6.04 Å². The van der Waals surface area contributed by atoms with Gasteiger partial charge < -0.3 is 10.2 Å². The number of aryl methyl sites for hydroxylation is 1. The fourth-order valence-corrected chi connectivity index (χ4v) is 1.62. The van der Waals surface area contributed by atoms with Gasteiger partial charge in [0.25, 0.3) is 0 Å². The fraction of sp³-hybridized carbons (Fsp3) is 0.364. The predicted molar refractivity (Wildman–Crippen MR) is 57.3 cm³/mol. The standard InChI is InChI=1S/C11H15N3O/c1-2-7-14-9(5-6-13-14)11(12)10-4-3-8-15-10/h3-6,8,11H,2,7,12H2,1H3. The van der Waals surface area contributed by atoms with Gasteiger partial charge in [-0.3, -0.25) is 4.68 Å². The topological polar surface area (TPSA) is 57.0 Å². The van der Waals surface area contributed by atoms with Crippen LogP contribution in [0, 0.1) is 0 Å². The lowest BCUT2D eigenvalue weighted by atomic mass is 10.1. The molecule has 0 aliphatic heterocycles. The second kappa shape index (κ2) is 4.31. The Morgan fingerprint density at radius 3 is 3.07 bits per heavy atom. The summed E-state index contributed by atoms with van der Waals surface area (Å²) in [5, 5.41) is 4.23. The Labute approximate surface area is 88.7 Å². The van der Waals surface area contributed by atoms with Crippen LogP contribution in [0.15, 0.2) is 35.1 Å². The van der Waals surface area contributed by atoms with Gasteiger partial charge in [-0.05, 0) is 24.6 Å². The first-order chi connectivity index (χ1) is 7.33. The molecule has 2 heterocycles. The van der Waals surface area contributed by atoms with Gasteiger partial charge in [0, 0.05) is 12.7 Å². The Bertz CT molecular complexity index is 405. The van der Waals surface area contributed by atoms with E-state index in [0.29, 0.717) is 0 Å². The Hall–Kier alpha value is -1.55. The first-order valence-corrected chi connectivity index (χ1v) is 5.13. The lowest BCUT2D eigenvalue weighted by Crippen LogP contribution is -2.16. The van der Waals surface area contributed by atoms with E-state index in [2.05, 4.69) is 12.0 Å². The van der Waals surface area contributed by atoms with Crippen LogP contribution in [-0.4, -0.2) is 9.78 Å². The summed E-state index contributed by atoms with van der Waals surface area (Å²) in [4.78, 5) is 0. The zero-order chi connectivity index (χ0) is 10.7. The summed E-state index contributed by atoms with van der Waals surface area (Å²) in [5.74, 6) is 0.771. The molecule has 0 aliphatic carbocycles. The zero-order valence-corrected chi connectivity index (χ0v) is 8.76. The Kier molecular flexibility index (Phi) is 2.87. The predicted octanol–water partition coefficient (Wildman–Crippen LogP) is 1.93. The monoisotopic (exact) mass is 205 g/mol. The van der Waals surface area contributed by atoms with Crippen LogP contribution in [-0.2, 0) is 6.54 Å². The molecule has 0 spiro atoms. The first kappa shape index (κ1) is 9.98. The lowest BCUT2D eigenvalue weighted by Gasteiger charge is -2.11.